The van der Waals surface area contributed by atoms with Gasteiger partial charge in [-0.15, -0.1) is 0 Å². The molecule has 7 nitrogen and oxygen atoms in total. The zero-order valence-electron chi connectivity index (χ0n) is 14.7. The summed E-state index contributed by atoms with van der Waals surface area (Å²) < 4.78 is 5.77. The number of hydrogen-bond donors (Lipinski definition) is 4. The number of aliphatic hydroxyl groups excluding tert-OH is 2. The first-order valence-electron chi connectivity index (χ1n) is 9.37. The van der Waals surface area contributed by atoms with Crippen molar-refractivity contribution >= 4 is 22.8 Å². The van der Waals surface area contributed by atoms with Gasteiger partial charge in [0.2, 0.25) is 0 Å². The fourth-order valence-corrected chi connectivity index (χ4v) is 5.00. The second-order valence-electron chi connectivity index (χ2n) is 7.06. The van der Waals surface area contributed by atoms with Crippen LogP contribution in [0.4, 0.5) is 0 Å². The molecule has 3 aliphatic rings. The minimum atomic E-state index is -1.25. The molecule has 0 aromatic rings. The molecule has 2 saturated heterocycles. The summed E-state index contributed by atoms with van der Waals surface area (Å²) in [5, 5.41) is 27.3. The molecule has 0 radical (unpaired) electrons. The lowest BCUT2D eigenvalue weighted by atomic mass is 9.87. The fraction of sp³-hybridized carbons (Fsp3) is 0.882. The van der Waals surface area contributed by atoms with E-state index in [0.29, 0.717) is 24.2 Å². The number of fused-ring (bicyclic) bond motifs is 1. The Morgan fingerprint density at radius 1 is 1.32 bits per heavy atom. The highest BCUT2D eigenvalue weighted by Gasteiger charge is 2.51. The van der Waals surface area contributed by atoms with Gasteiger partial charge in [0, 0.05) is 13.1 Å². The molecular weight excluding hydrogens is 342 g/mol. The molecule has 3 fully saturated rings. The number of amidine groups is 1. The van der Waals surface area contributed by atoms with Gasteiger partial charge < -0.3 is 25.6 Å². The zero-order valence-corrected chi connectivity index (χ0v) is 15.5. The number of hydrogen-bond acceptors (Lipinski definition) is 6. The summed E-state index contributed by atoms with van der Waals surface area (Å²) in [6.45, 7) is 3.14. The van der Waals surface area contributed by atoms with E-state index >= 15 is 0 Å². The first kappa shape index (κ1) is 18.9. The van der Waals surface area contributed by atoms with Crippen molar-refractivity contribution < 1.29 is 19.7 Å². The number of nitrogens with one attached hydrogen (secondary N) is 2. The van der Waals surface area contributed by atoms with Crippen LogP contribution in [0.3, 0.4) is 0 Å². The van der Waals surface area contributed by atoms with E-state index in [-0.39, 0.29) is 5.91 Å². The normalized spacial score (nSPS) is 37.6. The number of carbonyl (C=O) groups excluding carboxylic acids is 1. The summed E-state index contributed by atoms with van der Waals surface area (Å²) in [5.74, 6) is 0.339. The lowest BCUT2D eigenvalue weighted by Gasteiger charge is -2.38. The molecule has 0 bridgehead atoms. The topological polar surface area (TPSA) is 103 Å². The predicted molar refractivity (Wildman–Crippen MR) is 97.4 cm³/mol. The molecular formula is C17H29N3O4S. The highest BCUT2D eigenvalue weighted by molar-refractivity contribution is 8.14. The molecule has 4 N–H and O–H groups in total. The van der Waals surface area contributed by atoms with Gasteiger partial charge in [0.05, 0.1) is 6.04 Å². The maximum absolute atomic E-state index is 12.4. The maximum atomic E-state index is 12.4. The molecule has 1 aliphatic carbocycles. The first-order valence-corrected chi connectivity index (χ1v) is 10.2. The van der Waals surface area contributed by atoms with E-state index in [2.05, 4.69) is 15.6 Å². The molecule has 8 heteroatoms. The molecule has 142 valence electrons. The van der Waals surface area contributed by atoms with E-state index < -0.39 is 29.8 Å². The third-order valence-corrected chi connectivity index (χ3v) is 6.36. The van der Waals surface area contributed by atoms with Crippen molar-refractivity contribution in [3.8, 4) is 0 Å². The van der Waals surface area contributed by atoms with E-state index in [9.17, 15) is 15.0 Å². The van der Waals surface area contributed by atoms with Crippen LogP contribution < -0.4 is 10.6 Å². The predicted octanol–water partition coefficient (Wildman–Crippen LogP) is 0.601. The molecule has 2 aliphatic heterocycles. The van der Waals surface area contributed by atoms with E-state index in [1.54, 1.807) is 0 Å². The van der Waals surface area contributed by atoms with Gasteiger partial charge in [0.1, 0.15) is 17.6 Å². The van der Waals surface area contributed by atoms with Crippen molar-refractivity contribution in [3.63, 3.8) is 0 Å². The fourth-order valence-electron chi connectivity index (χ4n) is 3.82. The molecule has 0 aromatic heterocycles. The van der Waals surface area contributed by atoms with Gasteiger partial charge in [-0.3, -0.25) is 9.79 Å². The Balaban J connectivity index is 1.51. The van der Waals surface area contributed by atoms with Crippen molar-refractivity contribution in [1.29, 1.82) is 0 Å². The molecule has 3 rings (SSSR count). The number of rotatable bonds is 5. The second-order valence-corrected chi connectivity index (χ2v) is 8.14. The van der Waals surface area contributed by atoms with Crippen molar-refractivity contribution in [2.45, 2.75) is 75.2 Å². The van der Waals surface area contributed by atoms with Crippen molar-refractivity contribution in [1.82, 2.24) is 10.6 Å². The highest BCUT2D eigenvalue weighted by atomic mass is 32.2. The minimum Gasteiger partial charge on any atom is -0.388 e. The van der Waals surface area contributed by atoms with Gasteiger partial charge in [0.25, 0.3) is 5.91 Å². The van der Waals surface area contributed by atoms with Gasteiger partial charge in [0.15, 0.2) is 11.3 Å². The minimum absolute atomic E-state index is 0.345. The van der Waals surface area contributed by atoms with Gasteiger partial charge >= 0.3 is 0 Å². The molecule has 0 aromatic carbocycles. The van der Waals surface area contributed by atoms with Gasteiger partial charge in [-0.05, 0) is 19.3 Å². The van der Waals surface area contributed by atoms with E-state index in [1.165, 1.54) is 43.9 Å². The lowest BCUT2D eigenvalue weighted by Crippen LogP contribution is -2.62. The third-order valence-electron chi connectivity index (χ3n) is 5.26. The Bertz CT molecular complexity index is 498. The number of ether oxygens (including phenoxy) is 1. The summed E-state index contributed by atoms with van der Waals surface area (Å²) in [4.78, 5) is 16.7. The SMILES string of the molecule is CCN=C1NC2C(OC(C(=O)NCCC3CCCCC3)C(O)C2O)S1. The van der Waals surface area contributed by atoms with Crippen molar-refractivity contribution in [2.75, 3.05) is 13.1 Å². The monoisotopic (exact) mass is 371 g/mol. The van der Waals surface area contributed by atoms with Crippen LogP contribution in [0, 0.1) is 5.92 Å². The largest absolute Gasteiger partial charge is 0.388 e. The Morgan fingerprint density at radius 2 is 2.08 bits per heavy atom. The third kappa shape index (κ3) is 4.48. The van der Waals surface area contributed by atoms with E-state index in [0.717, 1.165) is 6.42 Å². The second kappa shape index (κ2) is 8.70. The van der Waals surface area contributed by atoms with Crippen molar-refractivity contribution in [2.24, 2.45) is 10.9 Å². The average molecular weight is 372 g/mol. The maximum Gasteiger partial charge on any atom is 0.252 e. The molecule has 2 heterocycles. The summed E-state index contributed by atoms with van der Waals surface area (Å²) in [6.07, 6.45) is 3.97. The van der Waals surface area contributed by atoms with E-state index in [1.807, 2.05) is 6.92 Å². The van der Waals surface area contributed by atoms with Crippen LogP contribution in [0.25, 0.3) is 0 Å². The Labute approximate surface area is 153 Å². The quantitative estimate of drug-likeness (QED) is 0.564. The summed E-state index contributed by atoms with van der Waals surface area (Å²) in [7, 11) is 0. The molecule has 1 amide bonds. The Hall–Kier alpha value is -0.830. The average Bonchev–Trinajstić information content (AvgIpc) is 3.02. The number of aliphatic imine (C=N–C) groups is 1. The standard InChI is InChI=1S/C17H29N3O4S/c1-2-18-17-20-11-12(21)13(22)14(24-16(11)25-17)15(23)19-9-8-10-6-4-3-5-7-10/h10-14,16,21-22H,2-9H2,1H3,(H,18,20)(H,19,23). The van der Waals surface area contributed by atoms with E-state index in [4.69, 9.17) is 4.74 Å². The van der Waals surface area contributed by atoms with Crippen LogP contribution in [0.15, 0.2) is 4.99 Å². The zero-order chi connectivity index (χ0) is 17.8. The van der Waals surface area contributed by atoms with Crippen LogP contribution in [-0.2, 0) is 9.53 Å². The molecule has 0 spiro atoms. The smallest absolute Gasteiger partial charge is 0.252 e. The van der Waals surface area contributed by atoms with Crippen LogP contribution in [0.5, 0.6) is 0 Å². The van der Waals surface area contributed by atoms with Crippen LogP contribution in [0.2, 0.25) is 0 Å². The number of amides is 1. The Morgan fingerprint density at radius 3 is 2.80 bits per heavy atom. The van der Waals surface area contributed by atoms with Gasteiger partial charge in [-0.1, -0.05) is 43.9 Å². The number of aliphatic hydroxyl groups is 2. The molecule has 5 unspecified atom stereocenters. The number of thioether (sulfide) groups is 1. The summed E-state index contributed by atoms with van der Waals surface area (Å²) in [6, 6.07) is -0.448. The molecule has 25 heavy (non-hydrogen) atoms. The van der Waals surface area contributed by atoms with Gasteiger partial charge in [-0.2, -0.15) is 0 Å². The lowest BCUT2D eigenvalue weighted by molar-refractivity contribution is -0.172. The molecule has 5 atom stereocenters. The number of carbonyl (C=O) groups is 1. The first-order chi connectivity index (χ1) is 12.1. The van der Waals surface area contributed by atoms with Crippen molar-refractivity contribution in [3.05, 3.63) is 0 Å². The van der Waals surface area contributed by atoms with Gasteiger partial charge in [-0.25, -0.2) is 0 Å². The highest BCUT2D eigenvalue weighted by Crippen LogP contribution is 2.34. The summed E-state index contributed by atoms with van der Waals surface area (Å²) in [5.41, 5.74) is -0.419. The van der Waals surface area contributed by atoms with Crippen LogP contribution in [0.1, 0.15) is 45.4 Å². The van der Waals surface area contributed by atoms with Crippen LogP contribution in [-0.4, -0.2) is 64.2 Å². The summed E-state index contributed by atoms with van der Waals surface area (Å²) >= 11 is 1.36. The molecule has 1 saturated carbocycles. The van der Waals surface area contributed by atoms with Crippen LogP contribution >= 0.6 is 11.8 Å². The Kier molecular flexibility index (Phi) is 6.60. The number of nitrogens with zero attached hydrogens (tertiary/aromatic N) is 1.